The van der Waals surface area contributed by atoms with Crippen LogP contribution in [0.25, 0.3) is 0 Å². The van der Waals surface area contributed by atoms with Crippen LogP contribution in [0, 0.1) is 9.49 Å². The molecule has 1 aromatic heterocycles. The van der Waals surface area contributed by atoms with Crippen LogP contribution < -0.4 is 10.1 Å². The van der Waals surface area contributed by atoms with Crippen LogP contribution in [0.15, 0.2) is 58.9 Å². The highest BCUT2D eigenvalue weighted by atomic mass is 127. The molecule has 0 unspecified atom stereocenters. The van der Waals surface area contributed by atoms with Gasteiger partial charge in [0, 0.05) is 37.1 Å². The molecule has 3 atom stereocenters. The summed E-state index contributed by atoms with van der Waals surface area (Å²) >= 11 is 2.16. The van der Waals surface area contributed by atoms with Crippen LogP contribution in [0.3, 0.4) is 0 Å². The maximum absolute atomic E-state index is 13.6. The first-order valence-electron chi connectivity index (χ1n) is 12.5. The minimum absolute atomic E-state index is 0.0443. The molecule has 1 saturated carbocycles. The zero-order valence-corrected chi connectivity index (χ0v) is 22.3. The van der Waals surface area contributed by atoms with Crippen molar-refractivity contribution in [1.29, 1.82) is 0 Å². The summed E-state index contributed by atoms with van der Waals surface area (Å²) in [5.74, 6) is 0.541. The van der Waals surface area contributed by atoms with Gasteiger partial charge in [-0.15, -0.1) is 0 Å². The number of halogens is 1. The molecular weight excluding hydrogens is 575 g/mol. The second-order valence-corrected chi connectivity index (χ2v) is 10.6. The number of furan rings is 1. The molecule has 9 heteroatoms. The number of hydrogen-bond acceptors (Lipinski definition) is 6. The van der Waals surface area contributed by atoms with E-state index in [1.54, 1.807) is 29.6 Å². The number of rotatable bonds is 10. The van der Waals surface area contributed by atoms with E-state index in [0.717, 1.165) is 34.8 Å². The molecule has 2 aromatic rings. The van der Waals surface area contributed by atoms with Gasteiger partial charge >= 0.3 is 0 Å². The van der Waals surface area contributed by atoms with Gasteiger partial charge in [0.15, 0.2) is 0 Å². The van der Waals surface area contributed by atoms with E-state index in [0.29, 0.717) is 23.7 Å². The SMILES string of the molecule is O=C(NCCO)C1=C[C@H](Oc2ccccc2I)[C@@H](O)[C@H](N(Cc2ccoc2)C(=O)CC2CCCC2)C1. The lowest BCUT2D eigenvalue weighted by molar-refractivity contribution is -0.140. The second kappa shape index (κ2) is 12.7. The first-order valence-corrected chi connectivity index (χ1v) is 13.5. The van der Waals surface area contributed by atoms with Gasteiger partial charge in [0.25, 0.3) is 0 Å². The van der Waals surface area contributed by atoms with Crippen molar-refractivity contribution in [3.63, 3.8) is 0 Å². The number of nitrogens with one attached hydrogen (secondary N) is 1. The summed E-state index contributed by atoms with van der Waals surface area (Å²) in [6.07, 6.45) is 7.84. The molecule has 0 saturated heterocycles. The molecule has 2 amide bonds. The Labute approximate surface area is 224 Å². The molecule has 0 aliphatic heterocycles. The predicted octanol–water partition coefficient (Wildman–Crippen LogP) is 3.41. The Bertz CT molecular complexity index is 1050. The fraction of sp³-hybridized carbons (Fsp3) is 0.481. The summed E-state index contributed by atoms with van der Waals surface area (Å²) in [5, 5.41) is 23.4. The van der Waals surface area contributed by atoms with Crippen molar-refractivity contribution in [3.8, 4) is 5.75 Å². The van der Waals surface area contributed by atoms with Crippen LogP contribution in [0.2, 0.25) is 0 Å². The van der Waals surface area contributed by atoms with Crippen LogP contribution >= 0.6 is 22.6 Å². The van der Waals surface area contributed by atoms with Gasteiger partial charge in [-0.25, -0.2) is 0 Å². The van der Waals surface area contributed by atoms with Gasteiger partial charge < -0.3 is 29.6 Å². The van der Waals surface area contributed by atoms with Gasteiger partial charge in [-0.2, -0.15) is 0 Å². The van der Waals surface area contributed by atoms with Crippen LogP contribution in [0.4, 0.5) is 0 Å². The Morgan fingerprint density at radius 3 is 2.67 bits per heavy atom. The fourth-order valence-corrected chi connectivity index (χ4v) is 5.53. The number of carbonyl (C=O) groups is 2. The molecule has 0 radical (unpaired) electrons. The average molecular weight is 608 g/mol. The number of aliphatic hydroxyl groups excluding tert-OH is 2. The first kappa shape index (κ1) is 26.7. The lowest BCUT2D eigenvalue weighted by Gasteiger charge is -2.40. The third kappa shape index (κ3) is 6.68. The monoisotopic (exact) mass is 608 g/mol. The van der Waals surface area contributed by atoms with Gasteiger partial charge in [-0.3, -0.25) is 9.59 Å². The van der Waals surface area contributed by atoms with E-state index in [1.165, 1.54) is 0 Å². The van der Waals surface area contributed by atoms with Crippen LogP contribution in [-0.4, -0.2) is 58.3 Å². The fourth-order valence-electron chi connectivity index (χ4n) is 5.01. The average Bonchev–Trinajstić information content (AvgIpc) is 3.58. The molecule has 1 fully saturated rings. The van der Waals surface area contributed by atoms with Crippen LogP contribution in [-0.2, 0) is 16.1 Å². The number of nitrogens with zero attached hydrogens (tertiary/aromatic N) is 1. The molecule has 36 heavy (non-hydrogen) atoms. The number of amides is 2. The zero-order chi connectivity index (χ0) is 25.5. The molecule has 8 nitrogen and oxygen atoms in total. The lowest BCUT2D eigenvalue weighted by atomic mass is 9.87. The third-order valence-electron chi connectivity index (χ3n) is 6.91. The standard InChI is InChI=1S/C27H33IN2O6/c28-21-7-3-4-8-23(21)36-24-15-20(27(34)29-10-11-31)14-22(26(24)33)30(16-19-9-12-35-17-19)25(32)13-18-5-1-2-6-18/h3-4,7-9,12,15,17-18,22,24,26,31,33H,1-2,5-6,10-11,13-14,16H2,(H,29,34)/t22-,24+,26+/m1/s1. The summed E-state index contributed by atoms with van der Waals surface area (Å²) in [6, 6.07) is 8.59. The molecule has 3 N–H and O–H groups in total. The maximum Gasteiger partial charge on any atom is 0.247 e. The van der Waals surface area contributed by atoms with Crippen LogP contribution in [0.1, 0.15) is 44.1 Å². The van der Waals surface area contributed by atoms with E-state index in [1.807, 2.05) is 24.3 Å². The molecule has 0 spiro atoms. The highest BCUT2D eigenvalue weighted by Crippen LogP contribution is 2.33. The largest absolute Gasteiger partial charge is 0.482 e. The first-order chi connectivity index (χ1) is 17.5. The molecule has 194 valence electrons. The Hall–Kier alpha value is -2.37. The van der Waals surface area contributed by atoms with Gasteiger partial charge in [-0.05, 0) is 65.6 Å². The van der Waals surface area contributed by atoms with Crippen LogP contribution in [0.5, 0.6) is 5.75 Å². The van der Waals surface area contributed by atoms with E-state index in [-0.39, 0.29) is 37.9 Å². The summed E-state index contributed by atoms with van der Waals surface area (Å²) < 4.78 is 12.3. The molecule has 2 aliphatic carbocycles. The summed E-state index contributed by atoms with van der Waals surface area (Å²) in [5.41, 5.74) is 1.23. The van der Waals surface area contributed by atoms with Gasteiger partial charge in [-0.1, -0.05) is 25.0 Å². The van der Waals surface area contributed by atoms with E-state index < -0.39 is 18.2 Å². The van der Waals surface area contributed by atoms with Crippen molar-refractivity contribution < 1.29 is 29.0 Å². The summed E-state index contributed by atoms with van der Waals surface area (Å²) in [6.45, 7) is 0.204. The van der Waals surface area contributed by atoms with Crippen molar-refractivity contribution in [3.05, 3.63) is 63.6 Å². The number of hydrogen-bond donors (Lipinski definition) is 3. The Balaban J connectivity index is 1.64. The Morgan fingerprint density at radius 1 is 1.19 bits per heavy atom. The van der Waals surface area contributed by atoms with Crippen molar-refractivity contribution >= 4 is 34.4 Å². The van der Waals surface area contributed by atoms with Crippen molar-refractivity contribution in [2.24, 2.45) is 5.92 Å². The summed E-state index contributed by atoms with van der Waals surface area (Å²) in [4.78, 5) is 28.2. The number of benzene rings is 1. The second-order valence-electron chi connectivity index (χ2n) is 9.45. The summed E-state index contributed by atoms with van der Waals surface area (Å²) in [7, 11) is 0. The van der Waals surface area contributed by atoms with E-state index in [9.17, 15) is 14.7 Å². The quantitative estimate of drug-likeness (QED) is 0.357. The normalized spacial score (nSPS) is 22.2. The number of aliphatic hydroxyl groups is 2. The highest BCUT2D eigenvalue weighted by Gasteiger charge is 2.41. The topological polar surface area (TPSA) is 112 Å². The van der Waals surface area contributed by atoms with Crippen molar-refractivity contribution in [1.82, 2.24) is 10.2 Å². The maximum atomic E-state index is 13.6. The third-order valence-corrected chi connectivity index (χ3v) is 7.80. The Kier molecular flexibility index (Phi) is 9.44. The van der Waals surface area contributed by atoms with E-state index in [2.05, 4.69) is 27.9 Å². The molecule has 0 bridgehead atoms. The number of ether oxygens (including phenoxy) is 1. The predicted molar refractivity (Wildman–Crippen MR) is 142 cm³/mol. The van der Waals surface area contributed by atoms with Gasteiger partial charge in [0.05, 0.1) is 28.7 Å². The Morgan fingerprint density at radius 2 is 1.97 bits per heavy atom. The highest BCUT2D eigenvalue weighted by molar-refractivity contribution is 14.1. The zero-order valence-electron chi connectivity index (χ0n) is 20.1. The smallest absolute Gasteiger partial charge is 0.247 e. The number of para-hydroxylation sites is 1. The molecule has 2 aliphatic rings. The lowest BCUT2D eigenvalue weighted by Crippen LogP contribution is -2.55. The van der Waals surface area contributed by atoms with E-state index >= 15 is 0 Å². The van der Waals surface area contributed by atoms with E-state index in [4.69, 9.17) is 14.3 Å². The van der Waals surface area contributed by atoms with Gasteiger partial charge in [0.2, 0.25) is 11.8 Å². The molecule has 1 heterocycles. The molecule has 1 aromatic carbocycles. The molecule has 4 rings (SSSR count). The minimum Gasteiger partial charge on any atom is -0.482 e. The van der Waals surface area contributed by atoms with Crippen molar-refractivity contribution in [2.45, 2.75) is 63.3 Å². The number of carbonyl (C=O) groups excluding carboxylic acids is 2. The van der Waals surface area contributed by atoms with Crippen molar-refractivity contribution in [2.75, 3.05) is 13.2 Å². The minimum atomic E-state index is -1.05. The molecular formula is C27H33IN2O6. The van der Waals surface area contributed by atoms with Gasteiger partial charge in [0.1, 0.15) is 18.0 Å².